The third-order valence-corrected chi connectivity index (χ3v) is 3.06. The molecule has 110 valence electrons. The quantitative estimate of drug-likeness (QED) is 0.439. The van der Waals surface area contributed by atoms with E-state index < -0.39 is 0 Å². The Bertz CT molecular complexity index is 299. The minimum atomic E-state index is 0.151. The van der Waals surface area contributed by atoms with Crippen LogP contribution in [0.15, 0.2) is 4.99 Å². The lowest BCUT2D eigenvalue weighted by Gasteiger charge is -2.36. The van der Waals surface area contributed by atoms with Gasteiger partial charge in [0.25, 0.3) is 0 Å². The van der Waals surface area contributed by atoms with Crippen molar-refractivity contribution in [2.75, 3.05) is 52.5 Å². The zero-order chi connectivity index (χ0) is 14.1. The highest BCUT2D eigenvalue weighted by molar-refractivity contribution is 5.80. The zero-order valence-corrected chi connectivity index (χ0v) is 12.3. The largest absolute Gasteiger partial charge is 0.380 e. The van der Waals surface area contributed by atoms with Crippen molar-refractivity contribution in [3.63, 3.8) is 0 Å². The molecule has 0 unspecified atom stereocenters. The second-order valence-corrected chi connectivity index (χ2v) is 4.43. The molecule has 1 N–H and O–H groups in total. The molecule has 0 aliphatic carbocycles. The summed E-state index contributed by atoms with van der Waals surface area (Å²) < 4.78 is 5.29. The molecular formula is C13H26N4O2. The number of carbonyl (C=O) groups is 1. The third-order valence-electron chi connectivity index (χ3n) is 3.06. The Morgan fingerprint density at radius 1 is 1.21 bits per heavy atom. The molecule has 0 aromatic carbocycles. The SMILES string of the molecule is CCNC(=NCCOCC)N1CCN(C(C)=O)CC1. The van der Waals surface area contributed by atoms with Crippen LogP contribution in [0.1, 0.15) is 20.8 Å². The fourth-order valence-electron chi connectivity index (χ4n) is 2.02. The molecule has 0 radical (unpaired) electrons. The van der Waals surface area contributed by atoms with E-state index in [1.165, 1.54) is 0 Å². The van der Waals surface area contributed by atoms with Gasteiger partial charge >= 0.3 is 0 Å². The molecule has 0 atom stereocenters. The number of amides is 1. The normalized spacial score (nSPS) is 16.7. The number of carbonyl (C=O) groups excluding carboxylic acids is 1. The maximum absolute atomic E-state index is 11.3. The molecule has 1 amide bonds. The maximum Gasteiger partial charge on any atom is 0.219 e. The van der Waals surface area contributed by atoms with Crippen LogP contribution in [0.25, 0.3) is 0 Å². The fourth-order valence-corrected chi connectivity index (χ4v) is 2.02. The molecule has 1 saturated heterocycles. The summed E-state index contributed by atoms with van der Waals surface area (Å²) in [5.41, 5.74) is 0. The van der Waals surface area contributed by atoms with Crippen molar-refractivity contribution < 1.29 is 9.53 Å². The first kappa shape index (κ1) is 15.8. The number of ether oxygens (including phenoxy) is 1. The van der Waals surface area contributed by atoms with E-state index in [1.807, 2.05) is 11.8 Å². The lowest BCUT2D eigenvalue weighted by atomic mass is 10.3. The highest BCUT2D eigenvalue weighted by Gasteiger charge is 2.20. The summed E-state index contributed by atoms with van der Waals surface area (Å²) in [5, 5.41) is 3.29. The Balaban J connectivity index is 2.46. The third kappa shape index (κ3) is 5.46. The van der Waals surface area contributed by atoms with Gasteiger partial charge in [-0.25, -0.2) is 0 Å². The summed E-state index contributed by atoms with van der Waals surface area (Å²) >= 11 is 0. The Labute approximate surface area is 115 Å². The van der Waals surface area contributed by atoms with Crippen LogP contribution in [-0.4, -0.2) is 74.1 Å². The van der Waals surface area contributed by atoms with E-state index in [1.54, 1.807) is 6.92 Å². The standard InChI is InChI=1S/C13H26N4O2/c1-4-14-13(15-6-11-19-5-2)17-9-7-16(8-10-17)12(3)18/h4-11H2,1-3H3,(H,14,15). The van der Waals surface area contributed by atoms with E-state index in [0.717, 1.165) is 45.3 Å². The molecule has 0 saturated carbocycles. The molecule has 0 aromatic heterocycles. The fraction of sp³-hybridized carbons (Fsp3) is 0.846. The van der Waals surface area contributed by atoms with Crippen molar-refractivity contribution in [1.82, 2.24) is 15.1 Å². The van der Waals surface area contributed by atoms with Crippen LogP contribution in [0.3, 0.4) is 0 Å². The minimum Gasteiger partial charge on any atom is -0.380 e. The predicted octanol–water partition coefficient (Wildman–Crippen LogP) is 0.153. The average Bonchev–Trinajstić information content (AvgIpc) is 2.42. The van der Waals surface area contributed by atoms with Crippen molar-refractivity contribution in [3.05, 3.63) is 0 Å². The summed E-state index contributed by atoms with van der Waals surface area (Å²) in [4.78, 5) is 19.9. The van der Waals surface area contributed by atoms with Gasteiger partial charge in [0.05, 0.1) is 13.2 Å². The van der Waals surface area contributed by atoms with Crippen LogP contribution in [0.2, 0.25) is 0 Å². The number of hydrogen-bond donors (Lipinski definition) is 1. The van der Waals surface area contributed by atoms with E-state index in [-0.39, 0.29) is 5.91 Å². The van der Waals surface area contributed by atoms with Crippen molar-refractivity contribution in [2.24, 2.45) is 4.99 Å². The molecule has 1 aliphatic rings. The number of rotatable bonds is 5. The number of aliphatic imine (C=N–C) groups is 1. The number of nitrogens with zero attached hydrogens (tertiary/aromatic N) is 3. The molecule has 1 aliphatic heterocycles. The van der Waals surface area contributed by atoms with E-state index in [4.69, 9.17) is 4.74 Å². The minimum absolute atomic E-state index is 0.151. The number of nitrogens with one attached hydrogen (secondary N) is 1. The molecule has 0 bridgehead atoms. The predicted molar refractivity (Wildman–Crippen MR) is 76.3 cm³/mol. The van der Waals surface area contributed by atoms with Gasteiger partial charge in [0.15, 0.2) is 5.96 Å². The van der Waals surface area contributed by atoms with E-state index >= 15 is 0 Å². The zero-order valence-electron chi connectivity index (χ0n) is 12.3. The van der Waals surface area contributed by atoms with Gasteiger partial charge < -0.3 is 19.9 Å². The van der Waals surface area contributed by atoms with E-state index in [2.05, 4.69) is 22.1 Å². The molecule has 6 heteroatoms. The Hall–Kier alpha value is -1.30. The lowest BCUT2D eigenvalue weighted by Crippen LogP contribution is -2.53. The highest BCUT2D eigenvalue weighted by Crippen LogP contribution is 2.02. The molecule has 1 fully saturated rings. The summed E-state index contributed by atoms with van der Waals surface area (Å²) in [6.45, 7) is 11.8. The first-order chi connectivity index (χ1) is 9.19. The van der Waals surface area contributed by atoms with Gasteiger partial charge in [-0.3, -0.25) is 9.79 Å². The van der Waals surface area contributed by atoms with E-state index in [0.29, 0.717) is 13.2 Å². The molecular weight excluding hydrogens is 244 g/mol. The molecule has 1 rings (SSSR count). The first-order valence-corrected chi connectivity index (χ1v) is 7.05. The molecule has 0 spiro atoms. The summed E-state index contributed by atoms with van der Waals surface area (Å²) in [6.07, 6.45) is 0. The van der Waals surface area contributed by atoms with E-state index in [9.17, 15) is 4.79 Å². The Kier molecular flexibility index (Phi) is 7.25. The Morgan fingerprint density at radius 2 is 1.84 bits per heavy atom. The van der Waals surface area contributed by atoms with Gasteiger partial charge in [-0.2, -0.15) is 0 Å². The number of guanidine groups is 1. The summed E-state index contributed by atoms with van der Waals surface area (Å²) in [7, 11) is 0. The smallest absolute Gasteiger partial charge is 0.219 e. The summed E-state index contributed by atoms with van der Waals surface area (Å²) in [5.74, 6) is 1.07. The van der Waals surface area contributed by atoms with Gasteiger partial charge in [-0.15, -0.1) is 0 Å². The second-order valence-electron chi connectivity index (χ2n) is 4.43. The second kappa shape index (κ2) is 8.74. The first-order valence-electron chi connectivity index (χ1n) is 7.05. The van der Waals surface area contributed by atoms with Crippen LogP contribution in [0.5, 0.6) is 0 Å². The lowest BCUT2D eigenvalue weighted by molar-refractivity contribution is -0.130. The molecule has 0 aromatic rings. The van der Waals surface area contributed by atoms with Gasteiger partial charge in [0.1, 0.15) is 0 Å². The molecule has 1 heterocycles. The van der Waals surface area contributed by atoms with Gasteiger partial charge in [-0.1, -0.05) is 0 Å². The van der Waals surface area contributed by atoms with Crippen molar-refractivity contribution in [1.29, 1.82) is 0 Å². The number of hydrogen-bond acceptors (Lipinski definition) is 3. The van der Waals surface area contributed by atoms with Crippen LogP contribution in [0.4, 0.5) is 0 Å². The van der Waals surface area contributed by atoms with Gasteiger partial charge in [0.2, 0.25) is 5.91 Å². The van der Waals surface area contributed by atoms with Crippen molar-refractivity contribution in [2.45, 2.75) is 20.8 Å². The topological polar surface area (TPSA) is 57.2 Å². The van der Waals surface area contributed by atoms with Crippen molar-refractivity contribution in [3.8, 4) is 0 Å². The maximum atomic E-state index is 11.3. The average molecular weight is 270 g/mol. The van der Waals surface area contributed by atoms with Crippen LogP contribution in [0, 0.1) is 0 Å². The highest BCUT2D eigenvalue weighted by atomic mass is 16.5. The van der Waals surface area contributed by atoms with Gasteiger partial charge in [0, 0.05) is 46.3 Å². The number of piperazine rings is 1. The molecule has 19 heavy (non-hydrogen) atoms. The van der Waals surface area contributed by atoms with Crippen molar-refractivity contribution >= 4 is 11.9 Å². The summed E-state index contributed by atoms with van der Waals surface area (Å²) in [6, 6.07) is 0. The van der Waals surface area contributed by atoms with Gasteiger partial charge in [-0.05, 0) is 13.8 Å². The van der Waals surface area contributed by atoms with Crippen LogP contribution >= 0.6 is 0 Å². The van der Waals surface area contributed by atoms with Crippen LogP contribution in [-0.2, 0) is 9.53 Å². The van der Waals surface area contributed by atoms with Crippen LogP contribution < -0.4 is 5.32 Å². The Morgan fingerprint density at radius 3 is 2.37 bits per heavy atom. The molecule has 6 nitrogen and oxygen atoms in total. The monoisotopic (exact) mass is 270 g/mol.